The number of likely N-dealkylation sites (tertiary alicyclic amines) is 1. The zero-order valence-corrected chi connectivity index (χ0v) is 24.4. The van der Waals surface area contributed by atoms with Gasteiger partial charge in [0.2, 0.25) is 17.7 Å². The molecule has 4 rings (SSSR count). The zero-order valence-electron chi connectivity index (χ0n) is 23.6. The number of rotatable bonds is 13. The normalized spacial score (nSPS) is 29.7. The summed E-state index contributed by atoms with van der Waals surface area (Å²) in [4.78, 5) is 48.3. The Morgan fingerprint density at radius 2 is 1.79 bits per heavy atom. The Balaban J connectivity index is 1.79. The number of carbonyl (C=O) groups is 3. The molecule has 6 atom stereocenters. The lowest BCUT2D eigenvalue weighted by atomic mass is 9.66. The van der Waals surface area contributed by atoms with Gasteiger partial charge in [0.15, 0.2) is 0 Å². The number of aliphatic hydroxyl groups is 1. The van der Waals surface area contributed by atoms with Crippen LogP contribution in [-0.2, 0) is 20.9 Å². The molecule has 0 aromatic heterocycles. The Hall–Kier alpha value is -2.58. The minimum Gasteiger partial charge on any atom is -0.394 e. The van der Waals surface area contributed by atoms with Gasteiger partial charge in [-0.05, 0) is 38.2 Å². The summed E-state index contributed by atoms with van der Waals surface area (Å²) < 4.78 is -1.15. The lowest BCUT2D eigenvalue weighted by Gasteiger charge is -2.39. The van der Waals surface area contributed by atoms with Crippen LogP contribution in [0.2, 0.25) is 0 Å². The third-order valence-corrected chi connectivity index (χ3v) is 10.8. The van der Waals surface area contributed by atoms with E-state index in [1.54, 1.807) is 33.7 Å². The molecule has 39 heavy (non-hydrogen) atoms. The number of carbonyl (C=O) groups excluding carboxylic acids is 3. The fourth-order valence-electron chi connectivity index (χ4n) is 7.11. The van der Waals surface area contributed by atoms with Crippen molar-refractivity contribution in [2.24, 2.45) is 11.8 Å². The highest BCUT2D eigenvalue weighted by atomic mass is 32.2. The van der Waals surface area contributed by atoms with Crippen molar-refractivity contribution in [1.29, 1.82) is 0 Å². The predicted molar refractivity (Wildman–Crippen MR) is 156 cm³/mol. The summed E-state index contributed by atoms with van der Waals surface area (Å²) in [6, 6.07) is 8.56. The van der Waals surface area contributed by atoms with Crippen LogP contribution in [0.1, 0.15) is 52.0 Å². The first-order valence-electron chi connectivity index (χ1n) is 14.2. The molecule has 2 unspecified atom stereocenters. The van der Waals surface area contributed by atoms with Crippen molar-refractivity contribution >= 4 is 29.5 Å². The molecule has 0 saturated carbocycles. The predicted octanol–water partition coefficient (Wildman–Crippen LogP) is 3.88. The van der Waals surface area contributed by atoms with Crippen molar-refractivity contribution in [2.75, 3.05) is 26.2 Å². The van der Waals surface area contributed by atoms with Gasteiger partial charge in [-0.3, -0.25) is 14.4 Å². The van der Waals surface area contributed by atoms with Crippen LogP contribution in [0.25, 0.3) is 0 Å². The van der Waals surface area contributed by atoms with Crippen LogP contribution in [0.3, 0.4) is 0 Å². The first-order valence-corrected chi connectivity index (χ1v) is 15.0. The number of amides is 3. The SMILES string of the molecule is C=CCN(Cc1ccccc1)C(=O)C1N([C@@H](CC)CO)C(=O)[C@@H]2[C@H](C(=O)N(CC=C)CCC)[C@]3(C)CCC12S3. The summed E-state index contributed by atoms with van der Waals surface area (Å²) in [5.74, 6) is -1.45. The molecule has 3 aliphatic rings. The van der Waals surface area contributed by atoms with E-state index in [1.165, 1.54) is 0 Å². The first kappa shape index (κ1) is 29.4. The van der Waals surface area contributed by atoms with Crippen molar-refractivity contribution in [2.45, 2.75) is 74.6 Å². The number of aliphatic hydroxyl groups excluding tert-OH is 1. The van der Waals surface area contributed by atoms with Crippen molar-refractivity contribution in [1.82, 2.24) is 14.7 Å². The third kappa shape index (κ3) is 4.95. The Kier molecular flexibility index (Phi) is 8.96. The van der Waals surface area contributed by atoms with E-state index in [-0.39, 0.29) is 24.3 Å². The van der Waals surface area contributed by atoms with Gasteiger partial charge in [-0.25, -0.2) is 0 Å². The van der Waals surface area contributed by atoms with Crippen molar-refractivity contribution < 1.29 is 19.5 Å². The van der Waals surface area contributed by atoms with Gasteiger partial charge < -0.3 is 19.8 Å². The van der Waals surface area contributed by atoms with E-state index >= 15 is 0 Å². The van der Waals surface area contributed by atoms with Crippen LogP contribution in [-0.4, -0.2) is 85.3 Å². The fraction of sp³-hybridized carbons (Fsp3) is 0.581. The maximum absolute atomic E-state index is 14.6. The van der Waals surface area contributed by atoms with Crippen LogP contribution >= 0.6 is 11.8 Å². The lowest BCUT2D eigenvalue weighted by molar-refractivity contribution is -0.148. The van der Waals surface area contributed by atoms with Crippen LogP contribution in [0.5, 0.6) is 0 Å². The highest BCUT2D eigenvalue weighted by molar-refractivity contribution is 8.02. The molecular formula is C31H43N3O4S. The molecule has 212 valence electrons. The molecule has 1 aromatic rings. The molecule has 3 aliphatic heterocycles. The van der Waals surface area contributed by atoms with Gasteiger partial charge in [-0.2, -0.15) is 0 Å². The van der Waals surface area contributed by atoms with Crippen LogP contribution in [0.4, 0.5) is 0 Å². The highest BCUT2D eigenvalue weighted by Crippen LogP contribution is 2.72. The second-order valence-electron chi connectivity index (χ2n) is 11.3. The maximum Gasteiger partial charge on any atom is 0.247 e. The average Bonchev–Trinajstić information content (AvgIpc) is 3.50. The summed E-state index contributed by atoms with van der Waals surface area (Å²) in [7, 11) is 0. The lowest BCUT2D eigenvalue weighted by Crippen LogP contribution is -2.57. The third-order valence-electron chi connectivity index (χ3n) is 8.82. The van der Waals surface area contributed by atoms with Gasteiger partial charge in [-0.1, -0.05) is 56.3 Å². The number of fused-ring (bicyclic) bond motifs is 1. The van der Waals surface area contributed by atoms with E-state index < -0.39 is 33.4 Å². The van der Waals surface area contributed by atoms with Crippen molar-refractivity contribution in [3.63, 3.8) is 0 Å². The van der Waals surface area contributed by atoms with E-state index in [4.69, 9.17) is 0 Å². The quantitative estimate of drug-likeness (QED) is 0.375. The van der Waals surface area contributed by atoms with E-state index in [0.29, 0.717) is 39.0 Å². The second-order valence-corrected chi connectivity index (χ2v) is 13.2. The Bertz CT molecular complexity index is 1090. The molecule has 7 nitrogen and oxygen atoms in total. The van der Waals surface area contributed by atoms with Crippen LogP contribution in [0.15, 0.2) is 55.6 Å². The van der Waals surface area contributed by atoms with Gasteiger partial charge in [0.25, 0.3) is 0 Å². The molecule has 1 aromatic carbocycles. The Labute approximate surface area is 237 Å². The number of hydrogen-bond donors (Lipinski definition) is 1. The smallest absolute Gasteiger partial charge is 0.247 e. The highest BCUT2D eigenvalue weighted by Gasteiger charge is 2.78. The van der Waals surface area contributed by atoms with Crippen molar-refractivity contribution in [3.8, 4) is 0 Å². The molecule has 3 saturated heterocycles. The monoisotopic (exact) mass is 553 g/mol. The molecule has 8 heteroatoms. The summed E-state index contributed by atoms with van der Waals surface area (Å²) in [5.41, 5.74) is 0.995. The molecule has 0 aliphatic carbocycles. The molecular weight excluding hydrogens is 510 g/mol. The van der Waals surface area contributed by atoms with E-state index in [1.807, 2.05) is 49.1 Å². The minimum atomic E-state index is -0.751. The Morgan fingerprint density at radius 3 is 2.38 bits per heavy atom. The largest absolute Gasteiger partial charge is 0.394 e. The zero-order chi connectivity index (χ0) is 28.4. The molecule has 3 heterocycles. The van der Waals surface area contributed by atoms with Crippen LogP contribution in [0, 0.1) is 11.8 Å². The summed E-state index contributed by atoms with van der Waals surface area (Å²) in [6.45, 7) is 15.3. The molecule has 3 amide bonds. The van der Waals surface area contributed by atoms with Gasteiger partial charge in [0.1, 0.15) is 6.04 Å². The van der Waals surface area contributed by atoms with Gasteiger partial charge in [0.05, 0.1) is 29.2 Å². The average molecular weight is 554 g/mol. The number of nitrogens with zero attached hydrogens (tertiary/aromatic N) is 3. The first-order chi connectivity index (χ1) is 18.7. The van der Waals surface area contributed by atoms with E-state index in [9.17, 15) is 19.5 Å². The van der Waals surface area contributed by atoms with Gasteiger partial charge >= 0.3 is 0 Å². The number of thioether (sulfide) groups is 1. The van der Waals surface area contributed by atoms with Crippen LogP contribution < -0.4 is 0 Å². The molecule has 1 N–H and O–H groups in total. The summed E-state index contributed by atoms with van der Waals surface area (Å²) in [6.07, 6.45) is 6.23. The molecule has 3 fully saturated rings. The molecule has 0 radical (unpaired) electrons. The fourth-order valence-corrected chi connectivity index (χ4v) is 9.44. The number of hydrogen-bond acceptors (Lipinski definition) is 5. The maximum atomic E-state index is 14.6. The van der Waals surface area contributed by atoms with Gasteiger partial charge in [-0.15, -0.1) is 24.9 Å². The van der Waals surface area contributed by atoms with Crippen molar-refractivity contribution in [3.05, 3.63) is 61.2 Å². The van der Waals surface area contributed by atoms with E-state index in [2.05, 4.69) is 20.1 Å². The molecule has 1 spiro atoms. The molecule has 2 bridgehead atoms. The summed E-state index contributed by atoms with van der Waals surface area (Å²) >= 11 is 1.68. The minimum absolute atomic E-state index is 0.0241. The Morgan fingerprint density at radius 1 is 1.13 bits per heavy atom. The standard InChI is InChI=1S/C31H43N3O4S/c1-6-17-32(18-7-2)27(36)24-25-28(37)34(23(9-4)21-35)26(31(25)16-15-30(24,5)39-31)29(38)33(19-8-3)20-22-13-11-10-12-14-22/h6,8,10-14,23-26,35H,1,3,7,9,15-21H2,2,4-5H3/t23-,24+,25-,26?,30-,31?/m0/s1. The summed E-state index contributed by atoms with van der Waals surface area (Å²) in [5, 5.41) is 10.3. The number of benzene rings is 1. The second kappa shape index (κ2) is 11.9. The van der Waals surface area contributed by atoms with Gasteiger partial charge in [0, 0.05) is 30.9 Å². The van der Waals surface area contributed by atoms with E-state index in [0.717, 1.165) is 18.4 Å². The topological polar surface area (TPSA) is 81.2 Å².